The van der Waals surface area contributed by atoms with Gasteiger partial charge in [-0.3, -0.25) is 24.0 Å². The molecule has 33 heavy (non-hydrogen) atoms. The lowest BCUT2D eigenvalue weighted by Gasteiger charge is -2.30. The number of carbonyl (C=O) groups excluding carboxylic acids is 3. The van der Waals surface area contributed by atoms with Gasteiger partial charge in [0.1, 0.15) is 0 Å². The molecule has 0 aliphatic carbocycles. The van der Waals surface area contributed by atoms with Crippen LogP contribution in [0.1, 0.15) is 46.0 Å². The molecule has 0 spiro atoms. The smallest absolute Gasteiger partial charge is 0.375 e. The predicted molar refractivity (Wildman–Crippen MR) is 98.8 cm³/mol. The molecule has 0 aromatic rings. The van der Waals surface area contributed by atoms with Crippen LogP contribution in [0.5, 0.6) is 0 Å². The molecule has 5 N–H and O–H groups in total. The fourth-order valence-corrected chi connectivity index (χ4v) is 2.57. The molecule has 0 aromatic heterocycles. The molecule has 0 radical (unpaired) electrons. The van der Waals surface area contributed by atoms with Gasteiger partial charge in [0.05, 0.1) is 25.7 Å². The monoisotopic (exact) mass is 478 g/mol. The maximum absolute atomic E-state index is 12.4. The zero-order valence-corrected chi connectivity index (χ0v) is 17.4. The number of ether oxygens (including phenoxy) is 2. The van der Waals surface area contributed by atoms with E-state index in [1.807, 2.05) is 0 Å². The second-order valence-electron chi connectivity index (χ2n) is 7.37. The third-order valence-electron chi connectivity index (χ3n) is 3.94. The van der Waals surface area contributed by atoms with Crippen LogP contribution < -0.4 is 0 Å². The molecule has 0 bridgehead atoms. The molecule has 0 fully saturated rings. The van der Waals surface area contributed by atoms with E-state index in [2.05, 4.69) is 9.47 Å². The summed E-state index contributed by atoms with van der Waals surface area (Å²) in [5.74, 6) is -15.4. The number of hydrogen-bond acceptors (Lipinski definition) is 10. The summed E-state index contributed by atoms with van der Waals surface area (Å²) in [4.78, 5) is 92.7. The van der Waals surface area contributed by atoms with Crippen molar-refractivity contribution in [2.24, 2.45) is 5.92 Å². The molecule has 0 aliphatic heterocycles. The van der Waals surface area contributed by atoms with Crippen LogP contribution in [-0.2, 0) is 47.8 Å². The van der Waals surface area contributed by atoms with Gasteiger partial charge in [-0.15, -0.1) is 0 Å². The Morgan fingerprint density at radius 1 is 0.636 bits per heavy atom. The fourth-order valence-electron chi connectivity index (χ4n) is 2.57. The Kier molecular flexibility index (Phi) is 10.1. The van der Waals surface area contributed by atoms with E-state index in [-0.39, 0.29) is 5.92 Å². The normalized spacial score (nSPS) is 12.8. The van der Waals surface area contributed by atoms with E-state index in [1.54, 1.807) is 0 Å². The number of rotatable bonds is 15. The van der Waals surface area contributed by atoms with Crippen molar-refractivity contribution in [1.29, 1.82) is 0 Å². The number of carbonyl (C=O) groups is 8. The Morgan fingerprint density at radius 3 is 1.30 bits per heavy atom. The van der Waals surface area contributed by atoms with E-state index in [1.165, 1.54) is 13.8 Å². The zero-order valence-electron chi connectivity index (χ0n) is 17.4. The highest BCUT2D eigenvalue weighted by atomic mass is 16.6. The summed E-state index contributed by atoms with van der Waals surface area (Å²) in [5, 5.41) is 45.6. The first-order chi connectivity index (χ1) is 15.0. The predicted octanol–water partition coefficient (Wildman–Crippen LogP) is -0.851. The summed E-state index contributed by atoms with van der Waals surface area (Å²) in [6, 6.07) is 0. The highest BCUT2D eigenvalue weighted by Gasteiger charge is 2.52. The second-order valence-corrected chi connectivity index (χ2v) is 7.37. The van der Waals surface area contributed by atoms with Crippen molar-refractivity contribution in [2.45, 2.75) is 57.2 Å². The third-order valence-corrected chi connectivity index (χ3v) is 3.94. The lowest BCUT2D eigenvalue weighted by Crippen LogP contribution is -2.51. The van der Waals surface area contributed by atoms with E-state index in [4.69, 9.17) is 15.3 Å². The van der Waals surface area contributed by atoms with Crippen LogP contribution in [0.15, 0.2) is 0 Å². The van der Waals surface area contributed by atoms with Crippen molar-refractivity contribution in [3.05, 3.63) is 0 Å². The van der Waals surface area contributed by atoms with Gasteiger partial charge in [-0.1, -0.05) is 13.8 Å². The van der Waals surface area contributed by atoms with Crippen molar-refractivity contribution in [3.8, 4) is 0 Å². The highest BCUT2D eigenvalue weighted by Crippen LogP contribution is 2.28. The Hall–Kier alpha value is -4.04. The molecule has 0 rings (SSSR count). The first kappa shape index (κ1) is 29.0. The Morgan fingerprint density at radius 2 is 1.00 bits per heavy atom. The third kappa shape index (κ3) is 8.92. The van der Waals surface area contributed by atoms with Crippen LogP contribution in [0.2, 0.25) is 0 Å². The molecule has 0 saturated carbocycles. The van der Waals surface area contributed by atoms with Gasteiger partial charge in [0.25, 0.3) is 0 Å². The van der Waals surface area contributed by atoms with Gasteiger partial charge in [-0.25, -0.2) is 14.4 Å². The van der Waals surface area contributed by atoms with E-state index < -0.39 is 90.9 Å². The zero-order chi connectivity index (χ0) is 26.1. The van der Waals surface area contributed by atoms with Gasteiger partial charge in [-0.05, 0) is 5.92 Å². The molecule has 184 valence electrons. The first-order valence-electron chi connectivity index (χ1n) is 9.06. The summed E-state index contributed by atoms with van der Waals surface area (Å²) in [5.41, 5.74) is -6.44. The molecular formula is C18H22O15. The van der Waals surface area contributed by atoms with Crippen molar-refractivity contribution in [1.82, 2.24) is 0 Å². The molecule has 0 heterocycles. The topological polar surface area (TPSA) is 256 Å². The molecule has 0 saturated heterocycles. The van der Waals surface area contributed by atoms with E-state index in [0.717, 1.165) is 0 Å². The minimum Gasteiger partial charge on any atom is -0.481 e. The summed E-state index contributed by atoms with van der Waals surface area (Å²) in [7, 11) is 0. The maximum atomic E-state index is 12.4. The Balaban J connectivity index is 6.16. The van der Waals surface area contributed by atoms with Crippen LogP contribution in [0.4, 0.5) is 0 Å². The molecule has 0 aliphatic rings. The minimum absolute atomic E-state index is 0.378. The van der Waals surface area contributed by atoms with Crippen molar-refractivity contribution >= 4 is 47.6 Å². The number of aliphatic carboxylic acids is 5. The average Bonchev–Trinajstić information content (AvgIpc) is 2.58. The van der Waals surface area contributed by atoms with Crippen LogP contribution in [0.3, 0.4) is 0 Å². The molecular weight excluding hydrogens is 456 g/mol. The molecule has 15 heteroatoms. The molecule has 0 amide bonds. The summed E-state index contributed by atoms with van der Waals surface area (Å²) >= 11 is 0. The molecule has 1 unspecified atom stereocenters. The number of carboxylic acid groups (broad SMARTS) is 5. The van der Waals surface area contributed by atoms with E-state index in [9.17, 15) is 48.6 Å². The van der Waals surface area contributed by atoms with Gasteiger partial charge in [0, 0.05) is 6.42 Å². The van der Waals surface area contributed by atoms with Crippen LogP contribution in [-0.4, -0.2) is 84.3 Å². The lowest BCUT2D eigenvalue weighted by molar-refractivity contribution is -0.196. The largest absolute Gasteiger partial charge is 0.481 e. The quantitative estimate of drug-likeness (QED) is 0.142. The van der Waals surface area contributed by atoms with Crippen LogP contribution >= 0.6 is 0 Å². The number of hydrogen-bond donors (Lipinski definition) is 5. The van der Waals surface area contributed by atoms with Crippen molar-refractivity contribution in [3.63, 3.8) is 0 Å². The summed E-state index contributed by atoms with van der Waals surface area (Å²) in [6.45, 7) is 3.06. The van der Waals surface area contributed by atoms with Gasteiger partial charge < -0.3 is 35.0 Å². The number of carboxylic acids is 5. The Bertz CT molecular complexity index is 839. The second kappa shape index (κ2) is 11.5. The number of esters is 2. The number of ketones is 1. The van der Waals surface area contributed by atoms with Gasteiger partial charge in [0.15, 0.2) is 0 Å². The minimum atomic E-state index is -3.25. The van der Waals surface area contributed by atoms with E-state index >= 15 is 0 Å². The first-order valence-corrected chi connectivity index (χ1v) is 9.06. The van der Waals surface area contributed by atoms with Crippen molar-refractivity contribution in [2.75, 3.05) is 0 Å². The lowest BCUT2D eigenvalue weighted by atomic mass is 9.93. The molecule has 0 aromatic carbocycles. The number of Topliss-reactive ketones (excluding diaryl/α,β-unsaturated/α-hetero) is 1. The van der Waals surface area contributed by atoms with Crippen molar-refractivity contribution < 1.29 is 73.4 Å². The van der Waals surface area contributed by atoms with Gasteiger partial charge in [0.2, 0.25) is 17.0 Å². The maximum Gasteiger partial charge on any atom is 0.375 e. The standard InChI is InChI=1S/C18H22O15/c1-8(2)3-9(19)14(27)33-18(16(30)31,6-12(24)25)7-13(26)32-17(15(28)29,4-10(20)21)5-11(22)23/h8H,3-7H2,1-2H3,(H,20,21)(H,22,23)(H,24,25)(H,28,29)(H,30,31). The van der Waals surface area contributed by atoms with Gasteiger partial charge >= 0.3 is 41.8 Å². The SMILES string of the molecule is CC(C)CC(=O)C(=O)OC(CC(=O)O)(CC(=O)OC(CC(=O)O)(CC(=O)O)C(=O)O)C(=O)O. The molecule has 1 atom stereocenters. The van der Waals surface area contributed by atoms with Gasteiger partial charge in [-0.2, -0.15) is 0 Å². The highest BCUT2D eigenvalue weighted by molar-refractivity contribution is 6.34. The average molecular weight is 478 g/mol. The van der Waals surface area contributed by atoms with E-state index in [0.29, 0.717) is 0 Å². The Labute approximate surface area is 184 Å². The summed E-state index contributed by atoms with van der Waals surface area (Å²) in [6.07, 6.45) is -6.76. The fraction of sp³-hybridized carbons (Fsp3) is 0.556. The summed E-state index contributed by atoms with van der Waals surface area (Å²) < 4.78 is 9.01. The van der Waals surface area contributed by atoms with Crippen LogP contribution in [0, 0.1) is 5.92 Å². The molecule has 15 nitrogen and oxygen atoms in total. The van der Waals surface area contributed by atoms with Crippen LogP contribution in [0.25, 0.3) is 0 Å².